The van der Waals surface area contributed by atoms with Crippen LogP contribution in [0.3, 0.4) is 0 Å². The average Bonchev–Trinajstić information content (AvgIpc) is 3.17. The molecule has 35 heavy (non-hydrogen) atoms. The van der Waals surface area contributed by atoms with Gasteiger partial charge in [-0.1, -0.05) is 59.9 Å². The van der Waals surface area contributed by atoms with E-state index in [1.165, 1.54) is 32.9 Å². The van der Waals surface area contributed by atoms with Crippen LogP contribution >= 0.6 is 11.3 Å². The minimum Gasteiger partial charge on any atom is -0.331 e. The number of fused-ring (bicyclic) bond motifs is 2. The summed E-state index contributed by atoms with van der Waals surface area (Å²) < 4.78 is 4.56. The van der Waals surface area contributed by atoms with E-state index in [4.69, 9.17) is 4.99 Å². The molecule has 4 nitrogen and oxygen atoms in total. The first-order valence-electron chi connectivity index (χ1n) is 12.3. The predicted molar refractivity (Wildman–Crippen MR) is 150 cm³/mol. The maximum atomic E-state index is 5.31. The Kier molecular flexibility index (Phi) is 6.54. The number of aromatic nitrogens is 1. The lowest BCUT2D eigenvalue weighted by Crippen LogP contribution is -2.35. The Bertz CT molecular complexity index is 1390. The number of benzene rings is 3. The quantitative estimate of drug-likeness (QED) is 0.164. The van der Waals surface area contributed by atoms with E-state index >= 15 is 0 Å². The van der Waals surface area contributed by atoms with Gasteiger partial charge in [0.2, 0.25) is 5.52 Å². The predicted octanol–water partition coefficient (Wildman–Crippen LogP) is 6.65. The van der Waals surface area contributed by atoms with E-state index in [0.29, 0.717) is 0 Å². The Morgan fingerprint density at radius 1 is 0.886 bits per heavy atom. The molecule has 3 aromatic carbocycles. The van der Waals surface area contributed by atoms with Gasteiger partial charge in [-0.05, 0) is 37.1 Å². The molecule has 2 heterocycles. The first-order chi connectivity index (χ1) is 16.9. The van der Waals surface area contributed by atoms with Gasteiger partial charge in [0.1, 0.15) is 17.6 Å². The smallest absolute Gasteiger partial charge is 0.264 e. The standard InChI is InChI=1S/C30H34N4S/c1-32-27-18-10-11-19-28(27)35-30(32)22-25-24-16-8-9-17-26(24)33(23-14-6-5-7-15-23)29(31-25)20-12-13-21-34(2,3)4/h5-11,14-19,22H,12-13,20-21H2,1-4H3/q+2. The molecule has 0 saturated carbocycles. The second-order valence-corrected chi connectivity index (χ2v) is 11.2. The zero-order valence-corrected chi connectivity index (χ0v) is 21.9. The maximum Gasteiger partial charge on any atom is 0.264 e. The SMILES string of the molecule is C[n+]1c(/C=C2\N=C(CCCC[N+](C)(C)C)N(c3ccccc3)c3ccccc32)sc2ccccc21. The molecule has 0 aliphatic carbocycles. The molecule has 1 aromatic heterocycles. The first-order valence-corrected chi connectivity index (χ1v) is 13.1. The van der Waals surface area contributed by atoms with E-state index in [1.807, 2.05) is 11.3 Å². The van der Waals surface area contributed by atoms with Crippen LogP contribution in [0, 0.1) is 0 Å². The molecule has 5 rings (SSSR count). The van der Waals surface area contributed by atoms with Crippen molar-refractivity contribution in [3.8, 4) is 0 Å². The highest BCUT2D eigenvalue weighted by molar-refractivity contribution is 7.18. The number of amidine groups is 1. The molecule has 5 heteroatoms. The summed E-state index contributed by atoms with van der Waals surface area (Å²) in [6.07, 6.45) is 5.50. The van der Waals surface area contributed by atoms with Crippen molar-refractivity contribution in [1.29, 1.82) is 0 Å². The number of hydrogen-bond acceptors (Lipinski definition) is 3. The van der Waals surface area contributed by atoms with Gasteiger partial charge in [0.15, 0.2) is 0 Å². The minimum absolute atomic E-state index is 0.944. The zero-order valence-electron chi connectivity index (χ0n) is 21.1. The summed E-state index contributed by atoms with van der Waals surface area (Å²) in [6.45, 7) is 1.16. The van der Waals surface area contributed by atoms with Crippen molar-refractivity contribution >= 4 is 50.5 Å². The summed E-state index contributed by atoms with van der Waals surface area (Å²) in [5.41, 5.74) is 5.83. The molecule has 0 N–H and O–H groups in total. The monoisotopic (exact) mass is 482 g/mol. The first kappa shape index (κ1) is 23.5. The lowest BCUT2D eigenvalue weighted by molar-refractivity contribution is -0.870. The van der Waals surface area contributed by atoms with Gasteiger partial charge in [-0.25, -0.2) is 4.99 Å². The third-order valence-corrected chi connectivity index (χ3v) is 7.62. The van der Waals surface area contributed by atoms with Crippen molar-refractivity contribution in [3.63, 3.8) is 0 Å². The van der Waals surface area contributed by atoms with E-state index < -0.39 is 0 Å². The molecule has 1 aliphatic heterocycles. The fourth-order valence-corrected chi connectivity index (χ4v) is 5.74. The lowest BCUT2D eigenvalue weighted by atomic mass is 10.0. The molecule has 0 saturated heterocycles. The van der Waals surface area contributed by atoms with Crippen LogP contribution in [0.5, 0.6) is 0 Å². The maximum absolute atomic E-state index is 5.31. The normalized spacial score (nSPS) is 14.9. The van der Waals surface area contributed by atoms with Crippen LogP contribution in [-0.4, -0.2) is 38.0 Å². The Morgan fingerprint density at radius 3 is 2.37 bits per heavy atom. The van der Waals surface area contributed by atoms with Gasteiger partial charge in [0, 0.05) is 29.8 Å². The Morgan fingerprint density at radius 2 is 1.60 bits per heavy atom. The molecule has 0 radical (unpaired) electrons. The average molecular weight is 483 g/mol. The number of hydrogen-bond donors (Lipinski definition) is 0. The molecule has 4 aromatic rings. The fraction of sp³-hybridized carbons (Fsp3) is 0.267. The molecule has 0 atom stereocenters. The Balaban J connectivity index is 1.58. The number of rotatable bonds is 7. The van der Waals surface area contributed by atoms with Crippen LogP contribution < -0.4 is 9.47 Å². The highest BCUT2D eigenvalue weighted by Gasteiger charge is 2.26. The van der Waals surface area contributed by atoms with Crippen molar-refractivity contribution in [3.05, 3.63) is 89.4 Å². The fourth-order valence-electron chi connectivity index (χ4n) is 4.65. The molecule has 1 aliphatic rings. The van der Waals surface area contributed by atoms with Crippen LogP contribution in [0.2, 0.25) is 0 Å². The molecule has 0 bridgehead atoms. The summed E-state index contributed by atoms with van der Waals surface area (Å²) in [5, 5.41) is 1.21. The topological polar surface area (TPSA) is 19.5 Å². The number of aliphatic imine (C=N–C) groups is 1. The van der Waals surface area contributed by atoms with Gasteiger partial charge >= 0.3 is 0 Å². The van der Waals surface area contributed by atoms with Crippen LogP contribution in [-0.2, 0) is 7.05 Å². The number of nitrogens with zero attached hydrogens (tertiary/aromatic N) is 4. The van der Waals surface area contributed by atoms with Gasteiger partial charge in [0.25, 0.3) is 5.01 Å². The van der Waals surface area contributed by atoms with Gasteiger partial charge in [-0.15, -0.1) is 0 Å². The second-order valence-electron chi connectivity index (χ2n) is 10.2. The largest absolute Gasteiger partial charge is 0.331 e. The molecular weight excluding hydrogens is 448 g/mol. The highest BCUT2D eigenvalue weighted by atomic mass is 32.1. The summed E-state index contributed by atoms with van der Waals surface area (Å²) >= 11 is 1.82. The number of aryl methyl sites for hydroxylation is 1. The van der Waals surface area contributed by atoms with Crippen LogP contribution in [0.1, 0.15) is 29.8 Å². The van der Waals surface area contributed by atoms with E-state index in [0.717, 1.165) is 41.1 Å². The number of para-hydroxylation sites is 3. The van der Waals surface area contributed by atoms with Crippen molar-refractivity contribution in [2.24, 2.45) is 12.0 Å². The van der Waals surface area contributed by atoms with E-state index in [-0.39, 0.29) is 0 Å². The number of anilines is 2. The Hall–Kier alpha value is -3.28. The third kappa shape index (κ3) is 5.07. The van der Waals surface area contributed by atoms with Gasteiger partial charge in [-0.3, -0.25) is 4.90 Å². The molecule has 0 fully saturated rings. The van der Waals surface area contributed by atoms with E-state index in [2.05, 4.69) is 123 Å². The minimum atomic E-state index is 0.944. The van der Waals surface area contributed by atoms with Gasteiger partial charge in [-0.2, -0.15) is 4.57 Å². The van der Waals surface area contributed by atoms with Crippen molar-refractivity contribution < 1.29 is 9.05 Å². The number of thiazole rings is 1. The van der Waals surface area contributed by atoms with Crippen LogP contribution in [0.4, 0.5) is 11.4 Å². The number of unbranched alkanes of at least 4 members (excludes halogenated alkanes) is 1. The highest BCUT2D eigenvalue weighted by Crippen LogP contribution is 2.39. The van der Waals surface area contributed by atoms with Crippen molar-refractivity contribution in [1.82, 2.24) is 0 Å². The molecule has 0 unspecified atom stereocenters. The molecular formula is C30H34N4S+2. The summed E-state index contributed by atoms with van der Waals surface area (Å²) in [4.78, 5) is 7.66. The molecule has 0 spiro atoms. The van der Waals surface area contributed by atoms with Crippen molar-refractivity contribution in [2.75, 3.05) is 32.6 Å². The number of quaternary nitrogens is 1. The summed E-state index contributed by atoms with van der Waals surface area (Å²) in [6, 6.07) is 27.9. The second kappa shape index (κ2) is 9.76. The van der Waals surface area contributed by atoms with Gasteiger partial charge in [0.05, 0.1) is 39.1 Å². The van der Waals surface area contributed by atoms with Crippen molar-refractivity contribution in [2.45, 2.75) is 19.3 Å². The van der Waals surface area contributed by atoms with Gasteiger partial charge < -0.3 is 4.48 Å². The summed E-state index contributed by atoms with van der Waals surface area (Å²) in [5.74, 6) is 1.12. The lowest BCUT2D eigenvalue weighted by Gasteiger charge is -2.32. The molecule has 0 amide bonds. The summed E-state index contributed by atoms with van der Waals surface area (Å²) in [7, 11) is 8.93. The van der Waals surface area contributed by atoms with Crippen LogP contribution in [0.15, 0.2) is 83.9 Å². The van der Waals surface area contributed by atoms with Crippen LogP contribution in [0.25, 0.3) is 22.0 Å². The Labute approximate surface area is 212 Å². The van der Waals surface area contributed by atoms with E-state index in [1.54, 1.807) is 0 Å². The zero-order chi connectivity index (χ0) is 24.4. The molecule has 178 valence electrons. The third-order valence-electron chi connectivity index (χ3n) is 6.45. The van der Waals surface area contributed by atoms with E-state index in [9.17, 15) is 0 Å².